The Balaban J connectivity index is 1.93. The molecular weight excluding hydrogens is 310 g/mol. The van der Waals surface area contributed by atoms with Crippen LogP contribution in [0.1, 0.15) is 29.3 Å². The van der Waals surface area contributed by atoms with Crippen LogP contribution in [0, 0.1) is 0 Å². The first-order valence-electron chi connectivity index (χ1n) is 8.06. The summed E-state index contributed by atoms with van der Waals surface area (Å²) in [7, 11) is 0. The van der Waals surface area contributed by atoms with Crippen LogP contribution in [-0.2, 0) is 10.5 Å². The third kappa shape index (κ3) is 5.55. The van der Waals surface area contributed by atoms with Crippen LogP contribution in [0.3, 0.4) is 0 Å². The maximum atomic E-state index is 12.6. The molecule has 126 valence electrons. The van der Waals surface area contributed by atoms with E-state index in [-0.39, 0.29) is 18.4 Å². The molecule has 0 unspecified atom stereocenters. The van der Waals surface area contributed by atoms with Crippen LogP contribution < -0.4 is 5.73 Å². The Kier molecular flexibility index (Phi) is 6.92. The van der Waals surface area contributed by atoms with Crippen molar-refractivity contribution in [3.63, 3.8) is 0 Å². The molecule has 1 aromatic carbocycles. The summed E-state index contributed by atoms with van der Waals surface area (Å²) in [5.41, 5.74) is 7.23. The Morgan fingerprint density at radius 3 is 2.52 bits per heavy atom. The van der Waals surface area contributed by atoms with Crippen LogP contribution in [0.15, 0.2) is 24.3 Å². The van der Waals surface area contributed by atoms with Gasteiger partial charge in [0.25, 0.3) is 5.91 Å². The van der Waals surface area contributed by atoms with E-state index in [1.165, 1.54) is 5.56 Å². The van der Waals surface area contributed by atoms with E-state index in [2.05, 4.69) is 6.92 Å². The van der Waals surface area contributed by atoms with E-state index in [1.54, 1.807) is 0 Å². The van der Waals surface area contributed by atoms with E-state index >= 15 is 0 Å². The zero-order chi connectivity index (χ0) is 16.7. The number of nitrogens with zero attached hydrogens (tertiary/aromatic N) is 2. The predicted molar refractivity (Wildman–Crippen MR) is 94.4 cm³/mol. The molecule has 1 fully saturated rings. The molecule has 5 nitrogen and oxygen atoms in total. The predicted octanol–water partition coefficient (Wildman–Crippen LogP) is 1.57. The van der Waals surface area contributed by atoms with Crippen molar-refractivity contribution in [2.24, 2.45) is 5.73 Å². The quantitative estimate of drug-likeness (QED) is 0.857. The second-order valence-corrected chi connectivity index (χ2v) is 7.00. The summed E-state index contributed by atoms with van der Waals surface area (Å²) < 4.78 is 0. The van der Waals surface area contributed by atoms with Gasteiger partial charge in [0, 0.05) is 37.5 Å². The lowest BCUT2D eigenvalue weighted by atomic mass is 10.1. The van der Waals surface area contributed by atoms with Crippen LogP contribution in [0.25, 0.3) is 0 Å². The zero-order valence-corrected chi connectivity index (χ0v) is 14.5. The Labute approximate surface area is 142 Å². The minimum atomic E-state index is -0.315. The number of hydrogen-bond donors (Lipinski definition) is 1. The summed E-state index contributed by atoms with van der Waals surface area (Å²) in [5, 5.41) is 0. The summed E-state index contributed by atoms with van der Waals surface area (Å²) in [6.07, 6.45) is 0.865. The van der Waals surface area contributed by atoms with E-state index in [9.17, 15) is 9.59 Å². The van der Waals surface area contributed by atoms with Crippen molar-refractivity contribution in [1.82, 2.24) is 9.80 Å². The molecule has 1 aliphatic heterocycles. The van der Waals surface area contributed by atoms with Crippen LogP contribution in [0.4, 0.5) is 0 Å². The van der Waals surface area contributed by atoms with E-state index < -0.39 is 0 Å². The number of nitrogens with two attached hydrogens (primary N) is 1. The van der Waals surface area contributed by atoms with E-state index in [0.717, 1.165) is 36.6 Å². The van der Waals surface area contributed by atoms with Gasteiger partial charge in [0.2, 0.25) is 5.91 Å². The number of primary amides is 1. The van der Waals surface area contributed by atoms with Gasteiger partial charge in [-0.1, -0.05) is 19.1 Å². The molecule has 6 heteroatoms. The molecule has 0 radical (unpaired) electrons. The standard InChI is InChI=1S/C17H25N3O2S/c1-2-23-13-14-4-6-15(7-5-14)17(22)20-9-3-8-19(10-11-20)12-16(18)21/h4-7H,2-3,8-13H2,1H3,(H2,18,21). The van der Waals surface area contributed by atoms with Crippen molar-refractivity contribution in [2.45, 2.75) is 19.1 Å². The molecule has 1 aromatic rings. The maximum Gasteiger partial charge on any atom is 0.253 e. The maximum absolute atomic E-state index is 12.6. The Hall–Kier alpha value is -1.53. The van der Waals surface area contributed by atoms with Gasteiger partial charge < -0.3 is 10.6 Å². The molecule has 1 aliphatic rings. The van der Waals surface area contributed by atoms with Crippen molar-refractivity contribution in [3.05, 3.63) is 35.4 Å². The van der Waals surface area contributed by atoms with Crippen LogP contribution in [0.2, 0.25) is 0 Å². The lowest BCUT2D eigenvalue weighted by Crippen LogP contribution is -2.38. The van der Waals surface area contributed by atoms with Gasteiger partial charge in [-0.2, -0.15) is 11.8 Å². The topological polar surface area (TPSA) is 66.6 Å². The Morgan fingerprint density at radius 1 is 1.13 bits per heavy atom. The lowest BCUT2D eigenvalue weighted by molar-refractivity contribution is -0.119. The van der Waals surface area contributed by atoms with Crippen LogP contribution in [-0.4, -0.2) is 60.1 Å². The minimum absolute atomic E-state index is 0.0700. The van der Waals surface area contributed by atoms with E-state index in [0.29, 0.717) is 13.1 Å². The van der Waals surface area contributed by atoms with Crippen LogP contribution >= 0.6 is 11.8 Å². The first kappa shape index (κ1) is 17.8. The van der Waals surface area contributed by atoms with E-state index in [4.69, 9.17) is 5.73 Å². The molecule has 2 amide bonds. The van der Waals surface area contributed by atoms with Gasteiger partial charge in [-0.05, 0) is 29.9 Å². The number of thioether (sulfide) groups is 1. The third-order valence-electron chi connectivity index (χ3n) is 3.93. The highest BCUT2D eigenvalue weighted by Gasteiger charge is 2.20. The summed E-state index contributed by atoms with van der Waals surface area (Å²) in [6, 6.07) is 7.90. The smallest absolute Gasteiger partial charge is 0.253 e. The molecule has 0 atom stereocenters. The molecular formula is C17H25N3O2S. The van der Waals surface area contributed by atoms with Crippen molar-refractivity contribution in [2.75, 3.05) is 38.5 Å². The molecule has 0 spiro atoms. The van der Waals surface area contributed by atoms with Gasteiger partial charge in [0.1, 0.15) is 0 Å². The number of benzene rings is 1. The van der Waals surface area contributed by atoms with Crippen molar-refractivity contribution in [3.8, 4) is 0 Å². The van der Waals surface area contributed by atoms with Gasteiger partial charge in [-0.25, -0.2) is 0 Å². The zero-order valence-electron chi connectivity index (χ0n) is 13.7. The first-order valence-corrected chi connectivity index (χ1v) is 9.22. The molecule has 0 saturated carbocycles. The largest absolute Gasteiger partial charge is 0.369 e. The van der Waals surface area contributed by atoms with Gasteiger partial charge in [-0.15, -0.1) is 0 Å². The van der Waals surface area contributed by atoms with Gasteiger partial charge in [-0.3, -0.25) is 14.5 Å². The first-order chi connectivity index (χ1) is 11.1. The number of carbonyl (C=O) groups is 2. The average molecular weight is 335 g/mol. The fourth-order valence-corrected chi connectivity index (χ4v) is 3.33. The number of rotatable bonds is 6. The van der Waals surface area contributed by atoms with Crippen molar-refractivity contribution >= 4 is 23.6 Å². The minimum Gasteiger partial charge on any atom is -0.369 e. The van der Waals surface area contributed by atoms with Crippen molar-refractivity contribution < 1.29 is 9.59 Å². The highest BCUT2D eigenvalue weighted by atomic mass is 32.2. The highest BCUT2D eigenvalue weighted by molar-refractivity contribution is 7.98. The fraction of sp³-hybridized carbons (Fsp3) is 0.529. The molecule has 0 aromatic heterocycles. The molecule has 2 rings (SSSR count). The van der Waals surface area contributed by atoms with Crippen molar-refractivity contribution in [1.29, 1.82) is 0 Å². The Morgan fingerprint density at radius 2 is 1.87 bits per heavy atom. The normalized spacial score (nSPS) is 16.1. The molecule has 1 heterocycles. The average Bonchev–Trinajstić information content (AvgIpc) is 2.78. The summed E-state index contributed by atoms with van der Waals surface area (Å²) in [5.74, 6) is 1.83. The number of carbonyl (C=O) groups excluding carboxylic acids is 2. The number of amides is 2. The summed E-state index contributed by atoms with van der Waals surface area (Å²) in [4.78, 5) is 27.5. The molecule has 1 saturated heterocycles. The Bertz CT molecular complexity index is 533. The monoisotopic (exact) mass is 335 g/mol. The second kappa shape index (κ2) is 8.93. The third-order valence-corrected chi connectivity index (χ3v) is 4.87. The fourth-order valence-electron chi connectivity index (χ4n) is 2.70. The molecule has 0 bridgehead atoms. The number of hydrogen-bond acceptors (Lipinski definition) is 4. The highest BCUT2D eigenvalue weighted by Crippen LogP contribution is 2.14. The summed E-state index contributed by atoms with van der Waals surface area (Å²) in [6.45, 7) is 5.27. The second-order valence-electron chi connectivity index (χ2n) is 5.72. The molecule has 23 heavy (non-hydrogen) atoms. The lowest BCUT2D eigenvalue weighted by Gasteiger charge is -2.21. The molecule has 2 N–H and O–H groups in total. The van der Waals surface area contributed by atoms with Gasteiger partial charge in [0.15, 0.2) is 0 Å². The van der Waals surface area contributed by atoms with Crippen LogP contribution in [0.5, 0.6) is 0 Å². The van der Waals surface area contributed by atoms with E-state index in [1.807, 2.05) is 45.8 Å². The molecule has 0 aliphatic carbocycles. The van der Waals surface area contributed by atoms with Gasteiger partial charge >= 0.3 is 0 Å². The van der Waals surface area contributed by atoms with Gasteiger partial charge in [0.05, 0.1) is 6.54 Å². The SMILES string of the molecule is CCSCc1ccc(C(=O)N2CCCN(CC(N)=O)CC2)cc1. The summed E-state index contributed by atoms with van der Waals surface area (Å²) >= 11 is 1.87.